The Morgan fingerprint density at radius 1 is 0.913 bits per heavy atom. The number of sulfonamides is 1. The van der Waals surface area contributed by atoms with Crippen molar-refractivity contribution >= 4 is 15.7 Å². The van der Waals surface area contributed by atoms with Crippen LogP contribution in [0.25, 0.3) is 11.3 Å². The highest BCUT2D eigenvalue weighted by Gasteiger charge is 2.14. The second-order valence-corrected chi connectivity index (χ2v) is 6.90. The van der Waals surface area contributed by atoms with Crippen molar-refractivity contribution in [2.75, 3.05) is 4.72 Å². The molecule has 5 heteroatoms. The van der Waals surface area contributed by atoms with Crippen molar-refractivity contribution in [3.63, 3.8) is 0 Å². The lowest BCUT2D eigenvalue weighted by Crippen LogP contribution is -2.13. The molecule has 0 aliphatic rings. The van der Waals surface area contributed by atoms with Crippen LogP contribution >= 0.6 is 0 Å². The van der Waals surface area contributed by atoms with Gasteiger partial charge in [-0.1, -0.05) is 42.5 Å². The summed E-state index contributed by atoms with van der Waals surface area (Å²) in [6.45, 7) is 1.86. The van der Waals surface area contributed by atoms with Gasteiger partial charge in [-0.05, 0) is 36.8 Å². The molecule has 0 unspecified atom stereocenters. The fourth-order valence-electron chi connectivity index (χ4n) is 2.23. The van der Waals surface area contributed by atoms with E-state index < -0.39 is 10.0 Å². The third-order valence-corrected chi connectivity index (χ3v) is 4.76. The topological polar surface area (TPSA) is 59.1 Å². The maximum absolute atomic E-state index is 12.4. The molecule has 0 aliphatic carbocycles. The molecule has 1 heterocycles. The molecule has 3 aromatic rings. The van der Waals surface area contributed by atoms with Gasteiger partial charge in [0.15, 0.2) is 0 Å². The molecule has 0 bridgehead atoms. The van der Waals surface area contributed by atoms with Gasteiger partial charge >= 0.3 is 0 Å². The molecular weight excluding hydrogens is 308 g/mol. The van der Waals surface area contributed by atoms with Gasteiger partial charge in [0.2, 0.25) is 0 Å². The van der Waals surface area contributed by atoms with Crippen molar-refractivity contribution in [3.8, 4) is 11.3 Å². The summed E-state index contributed by atoms with van der Waals surface area (Å²) in [6.07, 6.45) is 1.52. The lowest BCUT2D eigenvalue weighted by Gasteiger charge is -2.09. The van der Waals surface area contributed by atoms with E-state index in [0.29, 0.717) is 5.69 Å². The van der Waals surface area contributed by atoms with Crippen molar-refractivity contribution in [2.45, 2.75) is 11.8 Å². The molecular formula is C18H16N2O2S. The van der Waals surface area contributed by atoms with Crippen LogP contribution in [0.5, 0.6) is 0 Å². The van der Waals surface area contributed by atoms with E-state index in [1.54, 1.807) is 30.3 Å². The van der Waals surface area contributed by atoms with Crippen molar-refractivity contribution in [3.05, 3.63) is 78.5 Å². The normalized spacial score (nSPS) is 11.2. The van der Waals surface area contributed by atoms with Gasteiger partial charge in [-0.25, -0.2) is 8.42 Å². The number of nitrogens with zero attached hydrogens (tertiary/aromatic N) is 1. The first-order valence-corrected chi connectivity index (χ1v) is 8.64. The molecule has 0 amide bonds. The highest BCUT2D eigenvalue weighted by atomic mass is 32.2. The van der Waals surface area contributed by atoms with E-state index in [1.807, 2.05) is 43.3 Å². The number of pyridine rings is 1. The van der Waals surface area contributed by atoms with Crippen LogP contribution in [0.4, 0.5) is 5.69 Å². The van der Waals surface area contributed by atoms with Gasteiger partial charge in [0, 0.05) is 5.56 Å². The smallest absolute Gasteiger partial charge is 0.261 e. The minimum Gasteiger partial charge on any atom is -0.278 e. The maximum atomic E-state index is 12.4. The summed E-state index contributed by atoms with van der Waals surface area (Å²) in [7, 11) is -3.60. The molecule has 0 aliphatic heterocycles. The average Bonchev–Trinajstić information content (AvgIpc) is 2.56. The predicted octanol–water partition coefficient (Wildman–Crippen LogP) is 3.86. The molecule has 116 valence electrons. The zero-order chi connectivity index (χ0) is 16.3. The summed E-state index contributed by atoms with van der Waals surface area (Å²) in [5, 5.41) is 0. The number of benzene rings is 2. The monoisotopic (exact) mass is 324 g/mol. The average molecular weight is 324 g/mol. The molecule has 3 rings (SSSR count). The van der Waals surface area contributed by atoms with Crippen LogP contribution in [-0.2, 0) is 10.0 Å². The number of rotatable bonds is 4. The summed E-state index contributed by atoms with van der Waals surface area (Å²) in [5.74, 6) is 0. The highest BCUT2D eigenvalue weighted by Crippen LogP contribution is 2.20. The van der Waals surface area contributed by atoms with Crippen LogP contribution in [0.2, 0.25) is 0 Å². The Kier molecular flexibility index (Phi) is 4.12. The molecule has 4 nitrogen and oxygen atoms in total. The van der Waals surface area contributed by atoms with E-state index in [0.717, 1.165) is 16.8 Å². The summed E-state index contributed by atoms with van der Waals surface area (Å²) >= 11 is 0. The van der Waals surface area contributed by atoms with Gasteiger partial charge in [0.25, 0.3) is 10.0 Å². The number of hydrogen-bond donors (Lipinski definition) is 1. The zero-order valence-electron chi connectivity index (χ0n) is 12.6. The maximum Gasteiger partial charge on any atom is 0.261 e. The minimum absolute atomic E-state index is 0.240. The zero-order valence-corrected chi connectivity index (χ0v) is 13.4. The van der Waals surface area contributed by atoms with E-state index in [-0.39, 0.29) is 4.90 Å². The Bertz CT molecular complexity index is 905. The first kappa shape index (κ1) is 15.2. The third kappa shape index (κ3) is 3.57. The summed E-state index contributed by atoms with van der Waals surface area (Å²) in [6, 6.07) is 20.0. The van der Waals surface area contributed by atoms with E-state index in [1.165, 1.54) is 6.20 Å². The van der Waals surface area contributed by atoms with Crippen molar-refractivity contribution < 1.29 is 8.42 Å². The quantitative estimate of drug-likeness (QED) is 0.793. The van der Waals surface area contributed by atoms with Gasteiger partial charge in [-0.3, -0.25) is 9.71 Å². The first-order chi connectivity index (χ1) is 11.0. The lowest BCUT2D eigenvalue weighted by molar-refractivity contribution is 0.601. The molecule has 0 fully saturated rings. The highest BCUT2D eigenvalue weighted by molar-refractivity contribution is 7.92. The molecule has 1 N–H and O–H groups in total. The van der Waals surface area contributed by atoms with Crippen molar-refractivity contribution in [1.29, 1.82) is 0 Å². The molecule has 0 atom stereocenters. The molecule has 0 radical (unpaired) electrons. The Hall–Kier alpha value is -2.66. The van der Waals surface area contributed by atoms with E-state index in [4.69, 9.17) is 0 Å². The molecule has 0 saturated heterocycles. The second kappa shape index (κ2) is 6.22. The van der Waals surface area contributed by atoms with Crippen LogP contribution in [0.15, 0.2) is 77.8 Å². The van der Waals surface area contributed by atoms with Crippen molar-refractivity contribution in [1.82, 2.24) is 4.98 Å². The van der Waals surface area contributed by atoms with Crippen LogP contribution in [0, 0.1) is 6.92 Å². The predicted molar refractivity (Wildman–Crippen MR) is 91.7 cm³/mol. The van der Waals surface area contributed by atoms with Crippen molar-refractivity contribution in [2.24, 2.45) is 0 Å². The van der Waals surface area contributed by atoms with E-state index in [2.05, 4.69) is 9.71 Å². The van der Waals surface area contributed by atoms with E-state index in [9.17, 15) is 8.42 Å². The Morgan fingerprint density at radius 2 is 1.70 bits per heavy atom. The van der Waals surface area contributed by atoms with Gasteiger partial charge in [-0.15, -0.1) is 0 Å². The molecule has 0 spiro atoms. The Morgan fingerprint density at radius 3 is 2.35 bits per heavy atom. The van der Waals surface area contributed by atoms with E-state index >= 15 is 0 Å². The molecule has 1 aromatic heterocycles. The standard InChI is InChI=1S/C18H16N2O2S/c1-14-6-5-9-17(12-14)23(21,22)20-16-10-11-18(19-13-16)15-7-3-2-4-8-15/h2-13,20H,1H3. The number of aryl methyl sites for hydroxylation is 1. The Balaban J connectivity index is 1.83. The third-order valence-electron chi connectivity index (χ3n) is 3.39. The van der Waals surface area contributed by atoms with Crippen LogP contribution < -0.4 is 4.72 Å². The first-order valence-electron chi connectivity index (χ1n) is 7.15. The number of anilines is 1. The number of nitrogens with one attached hydrogen (secondary N) is 1. The molecule has 2 aromatic carbocycles. The SMILES string of the molecule is Cc1cccc(S(=O)(=O)Nc2ccc(-c3ccccc3)nc2)c1. The second-order valence-electron chi connectivity index (χ2n) is 5.22. The lowest BCUT2D eigenvalue weighted by atomic mass is 10.1. The van der Waals surface area contributed by atoms with Crippen LogP contribution in [0.3, 0.4) is 0 Å². The Labute approximate surface area is 135 Å². The van der Waals surface area contributed by atoms with Gasteiger partial charge in [-0.2, -0.15) is 0 Å². The summed E-state index contributed by atoms with van der Waals surface area (Å²) in [5.41, 5.74) is 3.11. The summed E-state index contributed by atoms with van der Waals surface area (Å²) in [4.78, 5) is 4.56. The minimum atomic E-state index is -3.60. The molecule has 23 heavy (non-hydrogen) atoms. The summed E-state index contributed by atoms with van der Waals surface area (Å²) < 4.78 is 27.3. The number of aromatic nitrogens is 1. The number of hydrogen-bond acceptors (Lipinski definition) is 3. The van der Waals surface area contributed by atoms with Gasteiger partial charge in [0.1, 0.15) is 0 Å². The fraction of sp³-hybridized carbons (Fsp3) is 0.0556. The van der Waals surface area contributed by atoms with Gasteiger partial charge in [0.05, 0.1) is 22.5 Å². The fourth-order valence-corrected chi connectivity index (χ4v) is 3.38. The molecule has 0 saturated carbocycles. The van der Waals surface area contributed by atoms with Crippen LogP contribution in [0.1, 0.15) is 5.56 Å². The van der Waals surface area contributed by atoms with Gasteiger partial charge < -0.3 is 0 Å². The van der Waals surface area contributed by atoms with Crippen LogP contribution in [-0.4, -0.2) is 13.4 Å². The largest absolute Gasteiger partial charge is 0.278 e.